The maximum atomic E-state index is 12.9. The molecule has 1 amide bonds. The first kappa shape index (κ1) is 17.0. The average Bonchev–Trinajstić information content (AvgIpc) is 3.03. The van der Waals surface area contributed by atoms with Crippen molar-refractivity contribution < 1.29 is 9.53 Å². The molecular formula is C17H22N4O2S. The van der Waals surface area contributed by atoms with Crippen molar-refractivity contribution in [1.82, 2.24) is 19.9 Å². The molecule has 7 heteroatoms. The van der Waals surface area contributed by atoms with Crippen LogP contribution in [-0.2, 0) is 4.74 Å². The summed E-state index contributed by atoms with van der Waals surface area (Å²) < 4.78 is 5.41. The van der Waals surface area contributed by atoms with Gasteiger partial charge in [-0.05, 0) is 38.7 Å². The molecule has 0 bridgehead atoms. The van der Waals surface area contributed by atoms with Crippen LogP contribution >= 0.6 is 11.3 Å². The molecule has 6 nitrogen and oxygen atoms in total. The first-order valence-corrected chi connectivity index (χ1v) is 8.96. The Labute approximate surface area is 145 Å². The molecule has 2 aromatic rings. The fraction of sp³-hybridized carbons (Fsp3) is 0.529. The molecule has 2 heterocycles. The van der Waals surface area contributed by atoms with Gasteiger partial charge < -0.3 is 9.64 Å². The van der Waals surface area contributed by atoms with Crippen molar-refractivity contribution in [2.75, 3.05) is 14.2 Å². The summed E-state index contributed by atoms with van der Waals surface area (Å²) in [5.74, 6) is 0.598. The number of carbonyl (C=O) groups is 1. The lowest BCUT2D eigenvalue weighted by atomic mass is 9.92. The molecule has 0 saturated heterocycles. The number of rotatable bonds is 4. The van der Waals surface area contributed by atoms with Crippen LogP contribution in [-0.4, -0.2) is 52.1 Å². The van der Waals surface area contributed by atoms with Crippen molar-refractivity contribution in [2.24, 2.45) is 0 Å². The first-order valence-electron chi connectivity index (χ1n) is 8.15. The second-order valence-corrected chi connectivity index (χ2v) is 7.09. The standard InChI is InChI=1S/C17H22N4O2S/c1-11-14(24-16(20-11)15-18-9-4-10-19-15)17(22)21(2)12-5-7-13(23-3)8-6-12/h4,9-10,12-13H,5-8H2,1-3H3. The van der Waals surface area contributed by atoms with Crippen LogP contribution in [0.4, 0.5) is 0 Å². The van der Waals surface area contributed by atoms with Crippen LogP contribution in [0.3, 0.4) is 0 Å². The Morgan fingerprint density at radius 2 is 1.92 bits per heavy atom. The lowest BCUT2D eigenvalue weighted by molar-refractivity contribution is 0.0387. The minimum atomic E-state index is 0.0352. The third-order valence-corrected chi connectivity index (χ3v) is 5.73. The zero-order chi connectivity index (χ0) is 17.1. The smallest absolute Gasteiger partial charge is 0.265 e. The summed E-state index contributed by atoms with van der Waals surface area (Å²) in [6.45, 7) is 1.87. The van der Waals surface area contributed by atoms with Gasteiger partial charge in [0.1, 0.15) is 4.88 Å². The second kappa shape index (κ2) is 7.36. The van der Waals surface area contributed by atoms with Gasteiger partial charge in [0.25, 0.3) is 5.91 Å². The lowest BCUT2D eigenvalue weighted by Gasteiger charge is -2.34. The van der Waals surface area contributed by atoms with E-state index in [1.54, 1.807) is 25.6 Å². The average molecular weight is 346 g/mol. The third kappa shape index (κ3) is 3.47. The highest BCUT2D eigenvalue weighted by Gasteiger charge is 2.29. The molecule has 1 aliphatic rings. The summed E-state index contributed by atoms with van der Waals surface area (Å²) in [6, 6.07) is 2.03. The predicted molar refractivity (Wildman–Crippen MR) is 93.0 cm³/mol. The van der Waals surface area contributed by atoms with Gasteiger partial charge in [-0.3, -0.25) is 4.79 Å². The molecule has 0 spiro atoms. The number of carbonyl (C=O) groups excluding carboxylic acids is 1. The Kier molecular flexibility index (Phi) is 5.20. The maximum Gasteiger partial charge on any atom is 0.265 e. The topological polar surface area (TPSA) is 68.2 Å². The number of aryl methyl sites for hydroxylation is 1. The number of thiazole rings is 1. The quantitative estimate of drug-likeness (QED) is 0.851. The molecule has 128 valence electrons. The molecule has 0 atom stereocenters. The molecule has 1 fully saturated rings. The van der Waals surface area contributed by atoms with Gasteiger partial charge in [-0.2, -0.15) is 0 Å². The number of nitrogens with zero attached hydrogens (tertiary/aromatic N) is 4. The molecule has 2 aromatic heterocycles. The van der Waals surface area contributed by atoms with Crippen molar-refractivity contribution in [1.29, 1.82) is 0 Å². The maximum absolute atomic E-state index is 12.9. The van der Waals surface area contributed by atoms with Gasteiger partial charge in [0, 0.05) is 32.6 Å². The van der Waals surface area contributed by atoms with Gasteiger partial charge in [-0.15, -0.1) is 11.3 Å². The first-order chi connectivity index (χ1) is 11.6. The molecular weight excluding hydrogens is 324 g/mol. The highest BCUT2D eigenvalue weighted by atomic mass is 32.1. The number of methoxy groups -OCH3 is 1. The SMILES string of the molecule is COC1CCC(N(C)C(=O)c2sc(-c3ncccn3)nc2C)CC1. The zero-order valence-electron chi connectivity index (χ0n) is 14.2. The van der Waals surface area contributed by atoms with Gasteiger partial charge in [0.15, 0.2) is 10.8 Å². The fourth-order valence-electron chi connectivity index (χ4n) is 3.09. The molecule has 3 rings (SSSR count). The van der Waals surface area contributed by atoms with Gasteiger partial charge in [-0.25, -0.2) is 15.0 Å². The highest BCUT2D eigenvalue weighted by Crippen LogP contribution is 2.29. The zero-order valence-corrected chi connectivity index (χ0v) is 15.0. The molecule has 1 aliphatic carbocycles. The van der Waals surface area contributed by atoms with E-state index >= 15 is 0 Å². The fourth-order valence-corrected chi connectivity index (χ4v) is 4.09. The monoisotopic (exact) mass is 346 g/mol. The number of amides is 1. The van der Waals surface area contributed by atoms with Crippen LogP contribution in [0.5, 0.6) is 0 Å². The molecule has 1 saturated carbocycles. The van der Waals surface area contributed by atoms with E-state index in [4.69, 9.17) is 4.74 Å². The minimum Gasteiger partial charge on any atom is -0.381 e. The van der Waals surface area contributed by atoms with E-state index in [0.717, 1.165) is 31.4 Å². The number of hydrogen-bond acceptors (Lipinski definition) is 6. The van der Waals surface area contributed by atoms with E-state index in [0.29, 0.717) is 21.8 Å². The predicted octanol–water partition coefficient (Wildman–Crippen LogP) is 2.94. The van der Waals surface area contributed by atoms with Crippen molar-refractivity contribution in [2.45, 2.75) is 44.8 Å². The number of ether oxygens (including phenoxy) is 1. The Hall–Kier alpha value is -1.86. The Balaban J connectivity index is 1.74. The summed E-state index contributed by atoms with van der Waals surface area (Å²) in [5, 5.41) is 0.688. The van der Waals surface area contributed by atoms with Gasteiger partial charge in [-0.1, -0.05) is 0 Å². The van der Waals surface area contributed by atoms with Gasteiger partial charge in [0.05, 0.1) is 11.8 Å². The van der Waals surface area contributed by atoms with E-state index in [2.05, 4.69) is 15.0 Å². The summed E-state index contributed by atoms with van der Waals surface area (Å²) >= 11 is 1.37. The van der Waals surface area contributed by atoms with E-state index in [9.17, 15) is 4.79 Å². The summed E-state index contributed by atoms with van der Waals surface area (Å²) in [4.78, 5) is 28.3. The van der Waals surface area contributed by atoms with Gasteiger partial charge >= 0.3 is 0 Å². The van der Waals surface area contributed by atoms with E-state index in [1.165, 1.54) is 11.3 Å². The molecule has 24 heavy (non-hydrogen) atoms. The van der Waals surface area contributed by atoms with Crippen LogP contribution in [0.25, 0.3) is 10.8 Å². The van der Waals surface area contributed by atoms with Crippen molar-refractivity contribution in [3.05, 3.63) is 29.0 Å². The second-order valence-electron chi connectivity index (χ2n) is 6.09. The number of aromatic nitrogens is 3. The largest absolute Gasteiger partial charge is 0.381 e. The normalized spacial score (nSPS) is 20.8. The Morgan fingerprint density at radius 1 is 1.25 bits per heavy atom. The van der Waals surface area contributed by atoms with E-state index < -0.39 is 0 Å². The van der Waals surface area contributed by atoms with Crippen LogP contribution in [0.15, 0.2) is 18.5 Å². The van der Waals surface area contributed by atoms with Crippen molar-refractivity contribution >= 4 is 17.2 Å². The third-order valence-electron chi connectivity index (χ3n) is 4.59. The molecule has 0 unspecified atom stereocenters. The molecule has 0 aromatic carbocycles. The van der Waals surface area contributed by atoms with Crippen LogP contribution in [0.2, 0.25) is 0 Å². The molecule has 0 N–H and O–H groups in total. The van der Waals surface area contributed by atoms with Crippen molar-refractivity contribution in [3.8, 4) is 10.8 Å². The van der Waals surface area contributed by atoms with E-state index in [1.807, 2.05) is 18.9 Å². The lowest BCUT2D eigenvalue weighted by Crippen LogP contribution is -2.40. The van der Waals surface area contributed by atoms with Crippen LogP contribution in [0, 0.1) is 6.92 Å². The molecule has 0 aliphatic heterocycles. The van der Waals surface area contributed by atoms with E-state index in [-0.39, 0.29) is 11.9 Å². The summed E-state index contributed by atoms with van der Waals surface area (Å²) in [5.41, 5.74) is 0.741. The van der Waals surface area contributed by atoms with Crippen LogP contribution in [0.1, 0.15) is 41.0 Å². The Bertz CT molecular complexity index is 696. The number of hydrogen-bond donors (Lipinski definition) is 0. The van der Waals surface area contributed by atoms with Crippen LogP contribution < -0.4 is 0 Å². The summed E-state index contributed by atoms with van der Waals surface area (Å²) in [6.07, 6.45) is 7.66. The van der Waals surface area contributed by atoms with Gasteiger partial charge in [0.2, 0.25) is 0 Å². The summed E-state index contributed by atoms with van der Waals surface area (Å²) in [7, 11) is 3.64. The molecule has 0 radical (unpaired) electrons. The Morgan fingerprint density at radius 3 is 2.54 bits per heavy atom. The minimum absolute atomic E-state index is 0.0352. The van der Waals surface area contributed by atoms with Crippen molar-refractivity contribution in [3.63, 3.8) is 0 Å². The highest BCUT2D eigenvalue weighted by molar-refractivity contribution is 7.17.